The Morgan fingerprint density at radius 3 is 2.78 bits per heavy atom. The van der Waals surface area contributed by atoms with Crippen LogP contribution in [0.15, 0.2) is 46.9 Å². The minimum absolute atomic E-state index is 0.111. The lowest BCUT2D eigenvalue weighted by molar-refractivity contribution is -0.00200. The molecule has 0 saturated carbocycles. The number of aliphatic hydroxyl groups excluding tert-OH is 1. The van der Waals surface area contributed by atoms with E-state index in [2.05, 4.69) is 20.8 Å². The van der Waals surface area contributed by atoms with Gasteiger partial charge in [0.05, 0.1) is 4.47 Å². The third-order valence-electron chi connectivity index (χ3n) is 5.37. The maximum atomic E-state index is 10.4. The zero-order chi connectivity index (χ0) is 18.9. The Morgan fingerprint density at radius 1 is 1.22 bits per heavy atom. The summed E-state index contributed by atoms with van der Waals surface area (Å²) < 4.78 is 12.9. The molecule has 4 nitrogen and oxygen atoms in total. The lowest BCUT2D eigenvalue weighted by Crippen LogP contribution is -2.49. The molecule has 0 amide bonds. The first-order valence-corrected chi connectivity index (χ1v) is 10.5. The van der Waals surface area contributed by atoms with Gasteiger partial charge in [0.1, 0.15) is 29.8 Å². The van der Waals surface area contributed by atoms with E-state index in [1.807, 2.05) is 42.5 Å². The number of likely N-dealkylation sites (tertiary alicyclic amines) is 1. The lowest BCUT2D eigenvalue weighted by Gasteiger charge is -2.39. The highest BCUT2D eigenvalue weighted by Gasteiger charge is 2.42. The van der Waals surface area contributed by atoms with Crippen LogP contribution in [0.3, 0.4) is 0 Å². The van der Waals surface area contributed by atoms with Crippen LogP contribution in [-0.2, 0) is 6.42 Å². The number of hydrogen-bond acceptors (Lipinski definition) is 4. The lowest BCUT2D eigenvalue weighted by atomic mass is 9.87. The van der Waals surface area contributed by atoms with Gasteiger partial charge in [-0.2, -0.15) is 0 Å². The number of aliphatic hydroxyl groups is 1. The molecule has 1 N–H and O–H groups in total. The van der Waals surface area contributed by atoms with E-state index < -0.39 is 6.10 Å². The van der Waals surface area contributed by atoms with E-state index in [0.29, 0.717) is 6.54 Å². The van der Waals surface area contributed by atoms with Gasteiger partial charge in [0.2, 0.25) is 0 Å². The number of para-hydroxylation sites is 1. The molecule has 27 heavy (non-hydrogen) atoms. The molecule has 2 aromatic rings. The molecule has 0 aliphatic carbocycles. The molecule has 2 aliphatic rings. The Balaban J connectivity index is 1.26. The molecule has 6 heteroatoms. The summed E-state index contributed by atoms with van der Waals surface area (Å²) in [7, 11) is 0. The van der Waals surface area contributed by atoms with E-state index in [4.69, 9.17) is 21.1 Å². The Hall–Kier alpha value is -1.27. The second-order valence-electron chi connectivity index (χ2n) is 7.41. The molecule has 1 fully saturated rings. The molecule has 1 saturated heterocycles. The number of halogens is 2. The average Bonchev–Trinajstić information content (AvgIpc) is 3.00. The van der Waals surface area contributed by atoms with E-state index >= 15 is 0 Å². The minimum atomic E-state index is -0.522. The molecule has 1 atom stereocenters. The van der Waals surface area contributed by atoms with Crippen molar-refractivity contribution in [1.29, 1.82) is 0 Å². The molecule has 2 aliphatic heterocycles. The van der Waals surface area contributed by atoms with Gasteiger partial charge in [-0.1, -0.05) is 23.7 Å². The molecular weight excluding hydrogens is 430 g/mol. The summed E-state index contributed by atoms with van der Waals surface area (Å²) in [5, 5.41) is 11.1. The largest absolute Gasteiger partial charge is 0.490 e. The smallest absolute Gasteiger partial charge is 0.133 e. The van der Waals surface area contributed by atoms with Crippen LogP contribution in [0.5, 0.6) is 11.5 Å². The number of hydrogen-bond donors (Lipinski definition) is 1. The zero-order valence-electron chi connectivity index (χ0n) is 15.0. The molecule has 4 rings (SSSR count). The van der Waals surface area contributed by atoms with Gasteiger partial charge in [0, 0.05) is 43.9 Å². The number of fused-ring (bicyclic) bond motifs is 1. The van der Waals surface area contributed by atoms with E-state index in [1.54, 1.807) is 0 Å². The maximum Gasteiger partial charge on any atom is 0.133 e. The highest BCUT2D eigenvalue weighted by Crippen LogP contribution is 2.41. The van der Waals surface area contributed by atoms with Crippen molar-refractivity contribution in [2.24, 2.45) is 0 Å². The number of piperidine rings is 1. The average molecular weight is 453 g/mol. The molecule has 1 spiro atoms. The van der Waals surface area contributed by atoms with Crippen molar-refractivity contribution in [3.63, 3.8) is 0 Å². The summed E-state index contributed by atoms with van der Waals surface area (Å²) in [6.45, 7) is 2.71. The normalized spacial score (nSPS) is 19.5. The highest BCUT2D eigenvalue weighted by molar-refractivity contribution is 9.10. The predicted octanol–water partition coefficient (Wildman–Crippen LogP) is 4.31. The van der Waals surface area contributed by atoms with Crippen LogP contribution in [0.4, 0.5) is 0 Å². The van der Waals surface area contributed by atoms with Gasteiger partial charge in [-0.3, -0.25) is 0 Å². The van der Waals surface area contributed by atoms with Gasteiger partial charge in [-0.25, -0.2) is 0 Å². The Kier molecular flexibility index (Phi) is 5.65. The fourth-order valence-corrected chi connectivity index (χ4v) is 4.52. The molecule has 0 unspecified atom stereocenters. The predicted molar refractivity (Wildman–Crippen MR) is 110 cm³/mol. The van der Waals surface area contributed by atoms with Crippen molar-refractivity contribution in [1.82, 2.24) is 4.90 Å². The van der Waals surface area contributed by atoms with Gasteiger partial charge < -0.3 is 19.5 Å². The molecule has 2 heterocycles. The molecule has 0 bridgehead atoms. The summed E-state index contributed by atoms with van der Waals surface area (Å²) in [6, 6.07) is 13.6. The monoisotopic (exact) mass is 451 g/mol. The summed E-state index contributed by atoms with van der Waals surface area (Å²) in [5.74, 6) is 1.72. The van der Waals surface area contributed by atoms with E-state index in [0.717, 1.165) is 53.3 Å². The van der Waals surface area contributed by atoms with Crippen molar-refractivity contribution in [2.75, 3.05) is 26.2 Å². The standard InChI is InChI=1S/C21H23BrClNO3/c22-18-3-1-2-4-20(18)26-14-17(25)13-24-9-7-21(8-10-24)12-15-11-16(23)5-6-19(15)27-21/h1-6,11,17,25H,7-10,12-14H2/t17-/m0/s1. The molecule has 2 aromatic carbocycles. The van der Waals surface area contributed by atoms with Crippen LogP contribution in [0.1, 0.15) is 18.4 Å². The number of β-amino-alcohol motifs (C(OH)–C–C–N with tert-alkyl or cyclic N) is 1. The SMILES string of the molecule is O[C@H](COc1ccccc1Br)CN1CCC2(CC1)Cc1cc(Cl)ccc1O2. The molecule has 0 aromatic heterocycles. The quantitative estimate of drug-likeness (QED) is 0.734. The number of rotatable bonds is 5. The molecular formula is C21H23BrClNO3. The van der Waals surface area contributed by atoms with E-state index in [1.165, 1.54) is 5.56 Å². The highest BCUT2D eigenvalue weighted by atomic mass is 79.9. The summed E-state index contributed by atoms with van der Waals surface area (Å²) in [4.78, 5) is 2.29. The van der Waals surface area contributed by atoms with Crippen LogP contribution in [-0.4, -0.2) is 48.0 Å². The third-order valence-corrected chi connectivity index (χ3v) is 6.26. The number of ether oxygens (including phenoxy) is 2. The first kappa shape index (κ1) is 19.1. The van der Waals surface area contributed by atoms with Crippen molar-refractivity contribution in [3.05, 3.63) is 57.5 Å². The minimum Gasteiger partial charge on any atom is -0.490 e. The van der Waals surface area contributed by atoms with Crippen LogP contribution in [0.2, 0.25) is 5.02 Å². The van der Waals surface area contributed by atoms with Crippen LogP contribution in [0.25, 0.3) is 0 Å². The summed E-state index contributed by atoms with van der Waals surface area (Å²) >= 11 is 9.57. The van der Waals surface area contributed by atoms with E-state index in [9.17, 15) is 5.11 Å². The third kappa shape index (κ3) is 4.43. The van der Waals surface area contributed by atoms with Gasteiger partial charge in [-0.05, 0) is 51.8 Å². The van der Waals surface area contributed by atoms with E-state index in [-0.39, 0.29) is 12.2 Å². The van der Waals surface area contributed by atoms with Gasteiger partial charge in [-0.15, -0.1) is 0 Å². The second kappa shape index (κ2) is 8.00. The number of nitrogens with zero attached hydrogens (tertiary/aromatic N) is 1. The molecule has 0 radical (unpaired) electrons. The maximum absolute atomic E-state index is 10.4. The first-order valence-electron chi connectivity index (χ1n) is 9.28. The van der Waals surface area contributed by atoms with Crippen molar-refractivity contribution in [2.45, 2.75) is 31.0 Å². The van der Waals surface area contributed by atoms with Gasteiger partial charge in [0.15, 0.2) is 0 Å². The van der Waals surface area contributed by atoms with Gasteiger partial charge >= 0.3 is 0 Å². The Labute approximate surface area is 173 Å². The van der Waals surface area contributed by atoms with Crippen molar-refractivity contribution < 1.29 is 14.6 Å². The number of benzene rings is 2. The zero-order valence-corrected chi connectivity index (χ0v) is 17.4. The Morgan fingerprint density at radius 2 is 2.00 bits per heavy atom. The topological polar surface area (TPSA) is 41.9 Å². The first-order chi connectivity index (χ1) is 13.0. The van der Waals surface area contributed by atoms with Crippen LogP contribution >= 0.6 is 27.5 Å². The van der Waals surface area contributed by atoms with Crippen molar-refractivity contribution in [3.8, 4) is 11.5 Å². The fourth-order valence-electron chi connectivity index (χ4n) is 3.92. The van der Waals surface area contributed by atoms with Crippen LogP contribution < -0.4 is 9.47 Å². The fraction of sp³-hybridized carbons (Fsp3) is 0.429. The summed E-state index contributed by atoms with van der Waals surface area (Å²) in [5.41, 5.74) is 1.10. The second-order valence-corrected chi connectivity index (χ2v) is 8.70. The van der Waals surface area contributed by atoms with Gasteiger partial charge in [0.25, 0.3) is 0 Å². The molecule has 144 valence electrons. The Bertz CT molecular complexity index is 808. The van der Waals surface area contributed by atoms with Crippen LogP contribution in [0, 0.1) is 0 Å². The van der Waals surface area contributed by atoms with Crippen molar-refractivity contribution >= 4 is 27.5 Å². The summed E-state index contributed by atoms with van der Waals surface area (Å²) in [6.07, 6.45) is 2.31.